The first-order chi connectivity index (χ1) is 21.6. The van der Waals surface area contributed by atoms with E-state index in [0.717, 1.165) is 35.1 Å². The maximum absolute atomic E-state index is 13.1. The van der Waals surface area contributed by atoms with Crippen molar-refractivity contribution in [3.63, 3.8) is 0 Å². The summed E-state index contributed by atoms with van der Waals surface area (Å²) in [7, 11) is 3.32. The van der Waals surface area contributed by atoms with Crippen LogP contribution < -0.4 is 30.1 Å². The second-order valence-corrected chi connectivity index (χ2v) is 11.7. The van der Waals surface area contributed by atoms with Crippen molar-refractivity contribution in [2.24, 2.45) is 5.41 Å². The monoisotopic (exact) mass is 683 g/mol. The predicted octanol–water partition coefficient (Wildman–Crippen LogP) is 5.41. The minimum Gasteiger partial charge on any atom is -0.495 e. The van der Waals surface area contributed by atoms with E-state index in [0.29, 0.717) is 55.5 Å². The zero-order chi connectivity index (χ0) is 32.1. The van der Waals surface area contributed by atoms with Gasteiger partial charge in [-0.05, 0) is 75.7 Å². The molecule has 0 bridgehead atoms. The molecule has 252 valence electrons. The zero-order valence-electron chi connectivity index (χ0n) is 27.4. The third-order valence-corrected chi connectivity index (χ3v) is 8.29. The standard InChI is InChI=1S/C35H41N5O5.2ClH/c1-6-39-28-13-12-27(22-29(28)38(4)33(42)35(2,3)34(39)43)45-20-8-17-36-23-24-15-18-37-26(21-24)16-19-40-31(41)14-11-25-9-7-10-30(44-5)32(25)40;;/h7,9-15,18,21-22,36H,6,8,16-17,19-20,23H2,1-5H3;2*1H. The van der Waals surface area contributed by atoms with Gasteiger partial charge in [0.05, 0.1) is 30.6 Å². The molecular weight excluding hydrogens is 641 g/mol. The van der Waals surface area contributed by atoms with Crippen molar-refractivity contribution in [1.82, 2.24) is 14.9 Å². The first-order valence-corrected chi connectivity index (χ1v) is 15.3. The number of rotatable bonds is 12. The molecule has 0 unspecified atom stereocenters. The number of amides is 2. The normalized spacial score (nSPS) is 13.8. The van der Waals surface area contributed by atoms with Crippen LogP contribution in [-0.4, -0.2) is 55.2 Å². The van der Waals surface area contributed by atoms with E-state index in [1.54, 1.807) is 54.6 Å². The first-order valence-electron chi connectivity index (χ1n) is 15.3. The number of hydrogen-bond acceptors (Lipinski definition) is 7. The lowest BCUT2D eigenvalue weighted by Crippen LogP contribution is -2.47. The molecule has 0 radical (unpaired) electrons. The predicted molar refractivity (Wildman–Crippen MR) is 191 cm³/mol. The molecular formula is C35H43Cl2N5O5. The number of nitrogens with zero attached hydrogens (tertiary/aromatic N) is 4. The summed E-state index contributed by atoms with van der Waals surface area (Å²) < 4.78 is 13.3. The number of carbonyl (C=O) groups excluding carboxylic acids is 2. The van der Waals surface area contributed by atoms with Crippen LogP contribution in [0.4, 0.5) is 11.4 Å². The number of aromatic nitrogens is 2. The van der Waals surface area contributed by atoms with Gasteiger partial charge in [0, 0.05) is 62.5 Å². The van der Waals surface area contributed by atoms with Crippen LogP contribution in [0.15, 0.2) is 71.7 Å². The summed E-state index contributed by atoms with van der Waals surface area (Å²) in [5, 5.41) is 4.41. The molecule has 4 aromatic rings. The number of hydrogen-bond donors (Lipinski definition) is 1. The van der Waals surface area contributed by atoms with Crippen LogP contribution in [0.25, 0.3) is 10.9 Å². The molecule has 0 saturated carbocycles. The Morgan fingerprint density at radius 2 is 1.72 bits per heavy atom. The van der Waals surface area contributed by atoms with E-state index in [-0.39, 0.29) is 42.2 Å². The van der Waals surface area contributed by atoms with Crippen LogP contribution in [0.3, 0.4) is 0 Å². The van der Waals surface area contributed by atoms with Crippen molar-refractivity contribution in [3.05, 3.63) is 88.5 Å². The second-order valence-electron chi connectivity index (χ2n) is 11.7. The van der Waals surface area contributed by atoms with E-state index >= 15 is 0 Å². The van der Waals surface area contributed by atoms with E-state index in [1.165, 1.54) is 0 Å². The molecule has 0 spiro atoms. The van der Waals surface area contributed by atoms with Crippen molar-refractivity contribution < 1.29 is 19.1 Å². The largest absolute Gasteiger partial charge is 0.495 e. The number of ether oxygens (including phenoxy) is 2. The zero-order valence-corrected chi connectivity index (χ0v) is 29.1. The Morgan fingerprint density at radius 1 is 0.936 bits per heavy atom. The lowest BCUT2D eigenvalue weighted by Gasteiger charge is -2.27. The maximum atomic E-state index is 13.1. The minimum absolute atomic E-state index is 0. The smallest absolute Gasteiger partial charge is 0.251 e. The molecule has 0 saturated heterocycles. The lowest BCUT2D eigenvalue weighted by molar-refractivity contribution is -0.137. The molecule has 1 N–H and O–H groups in total. The Labute approximate surface area is 287 Å². The highest BCUT2D eigenvalue weighted by atomic mass is 35.5. The Hall–Kier alpha value is -4.12. The molecule has 1 aliphatic heterocycles. The highest BCUT2D eigenvalue weighted by Crippen LogP contribution is 2.40. The summed E-state index contributed by atoms with van der Waals surface area (Å²) in [6.45, 7) is 8.15. The minimum atomic E-state index is -1.14. The highest BCUT2D eigenvalue weighted by molar-refractivity contribution is 6.20. The maximum Gasteiger partial charge on any atom is 0.251 e. The van der Waals surface area contributed by atoms with Gasteiger partial charge in [0.1, 0.15) is 16.9 Å². The number of fused-ring (bicyclic) bond motifs is 2. The number of nitrogens with one attached hydrogen (secondary N) is 1. The van der Waals surface area contributed by atoms with Crippen molar-refractivity contribution in [1.29, 1.82) is 0 Å². The van der Waals surface area contributed by atoms with Crippen LogP contribution in [-0.2, 0) is 29.1 Å². The number of aryl methyl sites for hydroxylation is 2. The third kappa shape index (κ3) is 7.89. The SMILES string of the molecule is CCN1C(=O)C(C)(C)C(=O)N(C)c2cc(OCCCNCc3ccnc(CCn4c(=O)ccc5cccc(OC)c54)c3)ccc21.Cl.Cl. The van der Waals surface area contributed by atoms with Gasteiger partial charge in [0.15, 0.2) is 0 Å². The molecule has 12 heteroatoms. The van der Waals surface area contributed by atoms with Crippen LogP contribution >= 0.6 is 24.8 Å². The molecule has 1 aliphatic rings. The van der Waals surface area contributed by atoms with Gasteiger partial charge in [-0.25, -0.2) is 0 Å². The molecule has 2 aromatic heterocycles. The molecule has 2 aromatic carbocycles. The average Bonchev–Trinajstić information content (AvgIpc) is 3.10. The van der Waals surface area contributed by atoms with E-state index in [1.807, 2.05) is 55.5 Å². The van der Waals surface area contributed by atoms with E-state index < -0.39 is 5.41 Å². The van der Waals surface area contributed by atoms with Gasteiger partial charge >= 0.3 is 0 Å². The van der Waals surface area contributed by atoms with Gasteiger partial charge in [-0.2, -0.15) is 0 Å². The van der Waals surface area contributed by atoms with Crippen molar-refractivity contribution in [2.75, 3.05) is 43.7 Å². The van der Waals surface area contributed by atoms with Crippen LogP contribution in [0, 0.1) is 5.41 Å². The van der Waals surface area contributed by atoms with Crippen molar-refractivity contribution in [3.8, 4) is 11.5 Å². The summed E-state index contributed by atoms with van der Waals surface area (Å²) in [6, 6.07) is 18.8. The molecule has 0 atom stereocenters. The first kappa shape index (κ1) is 37.3. The van der Waals surface area contributed by atoms with Crippen LogP contribution in [0.5, 0.6) is 11.5 Å². The van der Waals surface area contributed by atoms with Crippen molar-refractivity contribution in [2.45, 2.75) is 46.7 Å². The number of methoxy groups -OCH3 is 1. The summed E-state index contributed by atoms with van der Waals surface area (Å²) >= 11 is 0. The fraction of sp³-hybridized carbons (Fsp3) is 0.371. The summed E-state index contributed by atoms with van der Waals surface area (Å²) in [6.07, 6.45) is 3.20. The molecule has 47 heavy (non-hydrogen) atoms. The van der Waals surface area contributed by atoms with Crippen LogP contribution in [0.1, 0.15) is 38.4 Å². The molecule has 0 aliphatic carbocycles. The quantitative estimate of drug-likeness (QED) is 0.157. The Morgan fingerprint density at radius 3 is 2.47 bits per heavy atom. The highest BCUT2D eigenvalue weighted by Gasteiger charge is 2.45. The Bertz CT molecular complexity index is 1780. The third-order valence-electron chi connectivity index (χ3n) is 8.29. The number of pyridine rings is 2. The van der Waals surface area contributed by atoms with Gasteiger partial charge in [0.2, 0.25) is 11.8 Å². The molecule has 0 fully saturated rings. The second kappa shape index (κ2) is 16.1. The molecule has 5 rings (SSSR count). The Kier molecular flexibility index (Phi) is 12.8. The molecule has 10 nitrogen and oxygen atoms in total. The van der Waals surface area contributed by atoms with Gasteiger partial charge in [-0.1, -0.05) is 12.1 Å². The molecule has 3 heterocycles. The van der Waals surface area contributed by atoms with Gasteiger partial charge in [0.25, 0.3) is 5.56 Å². The topological polar surface area (TPSA) is 106 Å². The number of anilines is 2. The number of halogens is 2. The average molecular weight is 685 g/mol. The van der Waals surface area contributed by atoms with E-state index in [9.17, 15) is 14.4 Å². The van der Waals surface area contributed by atoms with Crippen LogP contribution in [0.2, 0.25) is 0 Å². The van der Waals surface area contributed by atoms with E-state index in [2.05, 4.69) is 16.4 Å². The van der Waals surface area contributed by atoms with Gasteiger partial charge in [-0.3, -0.25) is 19.4 Å². The summed E-state index contributed by atoms with van der Waals surface area (Å²) in [5.74, 6) is 0.877. The number of para-hydroxylation sites is 1. The number of benzene rings is 2. The lowest BCUT2D eigenvalue weighted by atomic mass is 9.90. The van der Waals surface area contributed by atoms with Gasteiger partial charge < -0.3 is 29.2 Å². The Balaban J connectivity index is 0.00000300. The summed E-state index contributed by atoms with van der Waals surface area (Å²) in [4.78, 5) is 46.6. The van der Waals surface area contributed by atoms with Gasteiger partial charge in [-0.15, -0.1) is 24.8 Å². The van der Waals surface area contributed by atoms with E-state index in [4.69, 9.17) is 9.47 Å². The van der Waals surface area contributed by atoms with Crippen molar-refractivity contribution >= 4 is 58.9 Å². The number of carbonyl (C=O) groups is 2. The fourth-order valence-corrected chi connectivity index (χ4v) is 5.80. The molecule has 2 amide bonds. The summed E-state index contributed by atoms with van der Waals surface area (Å²) in [5.41, 5.74) is 2.97. The fourth-order valence-electron chi connectivity index (χ4n) is 5.80.